The first-order chi connectivity index (χ1) is 17.6. The van der Waals surface area contributed by atoms with Crippen LogP contribution in [0.2, 0.25) is 0 Å². The van der Waals surface area contributed by atoms with E-state index in [2.05, 4.69) is 19.9 Å². The van der Waals surface area contributed by atoms with Crippen LogP contribution >= 0.6 is 0 Å². The number of aromatic nitrogens is 4. The van der Waals surface area contributed by atoms with Crippen molar-refractivity contribution in [1.29, 1.82) is 0 Å². The van der Waals surface area contributed by atoms with Gasteiger partial charge >= 0.3 is 12.1 Å². The van der Waals surface area contributed by atoms with E-state index in [1.165, 1.54) is 48.7 Å². The molecule has 1 atom stereocenters. The van der Waals surface area contributed by atoms with Crippen LogP contribution in [-0.4, -0.2) is 43.8 Å². The summed E-state index contributed by atoms with van der Waals surface area (Å²) in [4.78, 5) is 44.0. The van der Waals surface area contributed by atoms with Crippen molar-refractivity contribution in [3.05, 3.63) is 89.3 Å². The van der Waals surface area contributed by atoms with Crippen molar-refractivity contribution in [3.8, 4) is 0 Å². The van der Waals surface area contributed by atoms with Crippen molar-refractivity contribution in [2.75, 3.05) is 12.8 Å². The van der Waals surface area contributed by atoms with Gasteiger partial charge in [-0.05, 0) is 49.4 Å². The predicted molar refractivity (Wildman–Crippen MR) is 127 cm³/mol. The minimum absolute atomic E-state index is 0.108. The SMILES string of the molecule is COC(=O)c1cc(N)nc2ccc(C(=O)N(Cc3ccc(C(F)(F)F)cn3)C(C)c3ncccn3)cc12. The first-order valence-corrected chi connectivity index (χ1v) is 11.0. The van der Waals surface area contributed by atoms with E-state index in [-0.39, 0.29) is 29.2 Å². The van der Waals surface area contributed by atoms with Crippen molar-refractivity contribution in [2.24, 2.45) is 0 Å². The van der Waals surface area contributed by atoms with Crippen molar-refractivity contribution in [2.45, 2.75) is 25.7 Å². The van der Waals surface area contributed by atoms with E-state index in [1.807, 2.05) is 0 Å². The molecular weight excluding hydrogens is 489 g/mol. The Morgan fingerprint density at radius 1 is 1.08 bits per heavy atom. The molecule has 1 amide bonds. The lowest BCUT2D eigenvalue weighted by atomic mass is 10.0. The Morgan fingerprint density at radius 2 is 1.81 bits per heavy atom. The molecule has 0 saturated heterocycles. The number of nitrogens with two attached hydrogens (primary N) is 1. The number of hydrogen-bond acceptors (Lipinski definition) is 8. The molecule has 1 aromatic carbocycles. The van der Waals surface area contributed by atoms with Gasteiger partial charge in [0, 0.05) is 29.5 Å². The summed E-state index contributed by atoms with van der Waals surface area (Å²) in [6, 6.07) is 8.98. The maximum absolute atomic E-state index is 13.8. The number of anilines is 1. The van der Waals surface area contributed by atoms with Gasteiger partial charge in [0.1, 0.15) is 11.6 Å². The minimum Gasteiger partial charge on any atom is -0.465 e. The number of alkyl halides is 3. The quantitative estimate of drug-likeness (QED) is 0.383. The number of carbonyl (C=O) groups is 2. The van der Waals surface area contributed by atoms with Gasteiger partial charge in [-0.2, -0.15) is 13.2 Å². The highest BCUT2D eigenvalue weighted by Crippen LogP contribution is 2.29. The second-order valence-corrected chi connectivity index (χ2v) is 8.07. The predicted octanol–water partition coefficient (Wildman–Crippen LogP) is 4.21. The average molecular weight is 510 g/mol. The van der Waals surface area contributed by atoms with Crippen LogP contribution in [0.1, 0.15) is 50.8 Å². The molecular formula is C25H21F3N6O3. The zero-order valence-electron chi connectivity index (χ0n) is 19.7. The van der Waals surface area contributed by atoms with Gasteiger partial charge in [-0.25, -0.2) is 19.7 Å². The molecule has 0 aliphatic rings. The Bertz CT molecular complexity index is 1450. The van der Waals surface area contributed by atoms with Crippen LogP contribution < -0.4 is 5.73 Å². The Balaban J connectivity index is 1.76. The van der Waals surface area contributed by atoms with E-state index in [0.717, 1.165) is 12.3 Å². The lowest BCUT2D eigenvalue weighted by Crippen LogP contribution is -2.34. The van der Waals surface area contributed by atoms with Crippen LogP contribution in [0.15, 0.2) is 61.1 Å². The summed E-state index contributed by atoms with van der Waals surface area (Å²) < 4.78 is 43.8. The van der Waals surface area contributed by atoms with Gasteiger partial charge in [0.2, 0.25) is 0 Å². The zero-order valence-corrected chi connectivity index (χ0v) is 19.7. The van der Waals surface area contributed by atoms with E-state index in [1.54, 1.807) is 19.1 Å². The number of fused-ring (bicyclic) bond motifs is 1. The number of carbonyl (C=O) groups excluding carboxylic acids is 2. The molecule has 0 aliphatic carbocycles. The van der Waals surface area contributed by atoms with Crippen molar-refractivity contribution < 1.29 is 27.5 Å². The molecule has 0 saturated carbocycles. The van der Waals surface area contributed by atoms with E-state index >= 15 is 0 Å². The molecule has 0 bridgehead atoms. The van der Waals surface area contributed by atoms with E-state index in [9.17, 15) is 22.8 Å². The molecule has 190 valence electrons. The number of rotatable bonds is 6. The molecule has 2 N–H and O–H groups in total. The fourth-order valence-corrected chi connectivity index (χ4v) is 3.73. The molecule has 1 unspecified atom stereocenters. The third kappa shape index (κ3) is 5.47. The third-order valence-corrected chi connectivity index (χ3v) is 5.65. The van der Waals surface area contributed by atoms with Gasteiger partial charge in [0.05, 0.1) is 42.0 Å². The molecule has 0 aliphatic heterocycles. The fourth-order valence-electron chi connectivity index (χ4n) is 3.73. The third-order valence-electron chi connectivity index (χ3n) is 5.65. The van der Waals surface area contributed by atoms with Gasteiger partial charge in [0.15, 0.2) is 0 Å². The summed E-state index contributed by atoms with van der Waals surface area (Å²) in [5, 5.41) is 0.350. The fraction of sp³-hybridized carbons (Fsp3) is 0.200. The van der Waals surface area contributed by atoms with Crippen LogP contribution in [0.25, 0.3) is 10.9 Å². The number of esters is 1. The highest BCUT2D eigenvalue weighted by atomic mass is 19.4. The maximum Gasteiger partial charge on any atom is 0.417 e. The van der Waals surface area contributed by atoms with Gasteiger partial charge in [-0.15, -0.1) is 0 Å². The Hall–Kier alpha value is -4.61. The first kappa shape index (κ1) is 25.5. The standard InChI is InChI=1S/C25H21F3N6O3/c1-14(22-30-8-3-9-31-22)34(13-17-6-5-16(12-32-17)25(26,27)28)23(35)15-4-7-20-18(10-15)19(24(36)37-2)11-21(29)33-20/h3-12,14H,13H2,1-2H3,(H2,29,33). The Morgan fingerprint density at radius 3 is 2.43 bits per heavy atom. The lowest BCUT2D eigenvalue weighted by Gasteiger charge is -2.28. The number of benzene rings is 1. The van der Waals surface area contributed by atoms with Crippen LogP contribution in [0.4, 0.5) is 19.0 Å². The van der Waals surface area contributed by atoms with E-state index < -0.39 is 29.7 Å². The second kappa shape index (κ2) is 10.2. The molecule has 37 heavy (non-hydrogen) atoms. The largest absolute Gasteiger partial charge is 0.465 e. The summed E-state index contributed by atoms with van der Waals surface area (Å²) in [6.45, 7) is 1.57. The summed E-state index contributed by atoms with van der Waals surface area (Å²) in [5.74, 6) is -0.707. The number of halogens is 3. The molecule has 9 nitrogen and oxygen atoms in total. The molecule has 4 aromatic rings. The van der Waals surface area contributed by atoms with Gasteiger partial charge in [-0.3, -0.25) is 9.78 Å². The van der Waals surface area contributed by atoms with Gasteiger partial charge < -0.3 is 15.4 Å². The highest BCUT2D eigenvalue weighted by molar-refractivity contribution is 6.07. The number of pyridine rings is 2. The normalized spacial score (nSPS) is 12.2. The number of nitrogen functional groups attached to an aromatic ring is 1. The van der Waals surface area contributed by atoms with Crippen LogP contribution in [0.3, 0.4) is 0 Å². The minimum atomic E-state index is -4.54. The zero-order chi connectivity index (χ0) is 26.7. The average Bonchev–Trinajstić information content (AvgIpc) is 2.90. The first-order valence-electron chi connectivity index (χ1n) is 11.0. The number of amides is 1. The number of hydrogen-bond donors (Lipinski definition) is 1. The molecule has 3 aromatic heterocycles. The molecule has 12 heteroatoms. The highest BCUT2D eigenvalue weighted by Gasteiger charge is 2.31. The Kier molecular flexibility index (Phi) is 7.00. The van der Waals surface area contributed by atoms with Crippen LogP contribution in [0, 0.1) is 0 Å². The lowest BCUT2D eigenvalue weighted by molar-refractivity contribution is -0.137. The molecule has 4 rings (SSSR count). The molecule has 3 heterocycles. The van der Waals surface area contributed by atoms with Crippen molar-refractivity contribution in [3.63, 3.8) is 0 Å². The molecule has 0 fully saturated rings. The smallest absolute Gasteiger partial charge is 0.417 e. The van der Waals surface area contributed by atoms with Crippen molar-refractivity contribution in [1.82, 2.24) is 24.8 Å². The number of ether oxygens (including phenoxy) is 1. The summed E-state index contributed by atoms with van der Waals surface area (Å²) >= 11 is 0. The van der Waals surface area contributed by atoms with E-state index in [4.69, 9.17) is 10.5 Å². The van der Waals surface area contributed by atoms with Crippen LogP contribution in [0.5, 0.6) is 0 Å². The second-order valence-electron chi connectivity index (χ2n) is 8.07. The molecule has 0 radical (unpaired) electrons. The van der Waals surface area contributed by atoms with Crippen molar-refractivity contribution >= 4 is 28.6 Å². The summed E-state index contributed by atoms with van der Waals surface area (Å²) in [5.41, 5.74) is 5.85. The van der Waals surface area contributed by atoms with Crippen LogP contribution in [-0.2, 0) is 17.5 Å². The van der Waals surface area contributed by atoms with E-state index in [0.29, 0.717) is 16.7 Å². The maximum atomic E-state index is 13.8. The number of methoxy groups -OCH3 is 1. The summed E-state index contributed by atoms with van der Waals surface area (Å²) in [7, 11) is 1.22. The summed E-state index contributed by atoms with van der Waals surface area (Å²) in [6.07, 6.45) is -0.776. The van der Waals surface area contributed by atoms with Gasteiger partial charge in [0.25, 0.3) is 5.91 Å². The monoisotopic (exact) mass is 510 g/mol. The molecule has 0 spiro atoms. The Labute approximate surface area is 209 Å². The number of nitrogens with zero attached hydrogens (tertiary/aromatic N) is 5. The van der Waals surface area contributed by atoms with Gasteiger partial charge in [-0.1, -0.05) is 0 Å². The topological polar surface area (TPSA) is 124 Å².